The van der Waals surface area contributed by atoms with Crippen molar-refractivity contribution in [2.75, 3.05) is 31.7 Å². The molecule has 1 atom stereocenters. The Morgan fingerprint density at radius 2 is 1.89 bits per heavy atom. The summed E-state index contributed by atoms with van der Waals surface area (Å²) in [4.78, 5) is 37.3. The molecule has 1 unspecified atom stereocenters. The fourth-order valence-electron chi connectivity index (χ4n) is 4.21. The van der Waals surface area contributed by atoms with Gasteiger partial charge in [0.2, 0.25) is 0 Å². The average molecular weight is 578 g/mol. The molecular formula is C27H24Cl3FN4O3. The molecule has 7 nitrogen and oxygen atoms in total. The molecule has 0 saturated carbocycles. The summed E-state index contributed by atoms with van der Waals surface area (Å²) in [5, 5.41) is 3.48. The molecule has 198 valence electrons. The van der Waals surface area contributed by atoms with Crippen LogP contribution in [0, 0.1) is 5.82 Å². The Hall–Kier alpha value is -3.04. The van der Waals surface area contributed by atoms with Gasteiger partial charge >= 0.3 is 0 Å². The number of carbonyl (C=O) groups excluding carboxylic acids is 2. The summed E-state index contributed by atoms with van der Waals surface area (Å²) in [6.07, 6.45) is -0.256. The van der Waals surface area contributed by atoms with E-state index in [0.29, 0.717) is 47.1 Å². The summed E-state index contributed by atoms with van der Waals surface area (Å²) in [6.45, 7) is 3.18. The largest absolute Gasteiger partial charge is 0.383 e. The zero-order valence-corrected chi connectivity index (χ0v) is 22.9. The number of rotatable bonds is 8. The van der Waals surface area contributed by atoms with Gasteiger partial charge in [-0.15, -0.1) is 0 Å². The lowest BCUT2D eigenvalue weighted by atomic mass is 9.96. The van der Waals surface area contributed by atoms with Crippen LogP contribution in [0.1, 0.15) is 34.0 Å². The number of likely N-dealkylation sites (N-methyl/N-ethyl adjacent to an activating group) is 1. The van der Waals surface area contributed by atoms with E-state index < -0.39 is 17.9 Å². The molecule has 1 aromatic heterocycles. The highest BCUT2D eigenvalue weighted by atomic mass is 35.5. The molecule has 11 heteroatoms. The first-order chi connectivity index (χ1) is 18.2. The number of methoxy groups -OCH3 is 1. The van der Waals surface area contributed by atoms with Gasteiger partial charge in [0.05, 0.1) is 34.1 Å². The lowest BCUT2D eigenvalue weighted by Crippen LogP contribution is -2.41. The highest BCUT2D eigenvalue weighted by molar-refractivity contribution is 6.43. The number of Topliss-reactive ketones (excluding diaryl/α,β-unsaturated/α-hetero) is 1. The number of hydrogen-bond acceptors (Lipinski definition) is 6. The number of hydrogen-bond donors (Lipinski definition) is 1. The molecule has 0 aliphatic carbocycles. The predicted octanol–water partition coefficient (Wildman–Crippen LogP) is 5.37. The molecule has 4 rings (SSSR count). The van der Waals surface area contributed by atoms with Crippen LogP contribution in [0.15, 0.2) is 53.7 Å². The van der Waals surface area contributed by atoms with Gasteiger partial charge < -0.3 is 15.0 Å². The summed E-state index contributed by atoms with van der Waals surface area (Å²) in [6, 6.07) is 11.3. The Balaban J connectivity index is 1.77. The fourth-order valence-corrected chi connectivity index (χ4v) is 5.21. The number of pyridine rings is 1. The summed E-state index contributed by atoms with van der Waals surface area (Å²) >= 11 is 19.1. The van der Waals surface area contributed by atoms with E-state index in [9.17, 15) is 14.0 Å². The van der Waals surface area contributed by atoms with Gasteiger partial charge in [-0.1, -0.05) is 59.1 Å². The van der Waals surface area contributed by atoms with Gasteiger partial charge in [0, 0.05) is 42.8 Å². The van der Waals surface area contributed by atoms with Crippen LogP contribution in [0.3, 0.4) is 0 Å². The molecule has 0 bridgehead atoms. The fraction of sp³-hybridized carbons (Fsp3) is 0.259. The number of benzene rings is 2. The van der Waals surface area contributed by atoms with Crippen LogP contribution in [0.25, 0.3) is 0 Å². The van der Waals surface area contributed by atoms with Crippen molar-refractivity contribution in [1.82, 2.24) is 10.3 Å². The second kappa shape index (κ2) is 12.2. The maximum absolute atomic E-state index is 14.2. The van der Waals surface area contributed by atoms with Crippen LogP contribution in [-0.2, 0) is 16.0 Å². The number of aromatic nitrogens is 1. The first-order valence-corrected chi connectivity index (χ1v) is 12.9. The molecule has 0 radical (unpaired) electrons. The molecule has 1 aliphatic heterocycles. The molecule has 0 spiro atoms. The van der Waals surface area contributed by atoms with Gasteiger partial charge in [-0.2, -0.15) is 0 Å². The number of halogens is 4. The topological polar surface area (TPSA) is 83.9 Å². The van der Waals surface area contributed by atoms with E-state index in [4.69, 9.17) is 39.5 Å². The van der Waals surface area contributed by atoms with E-state index in [1.165, 1.54) is 12.1 Å². The molecule has 0 fully saturated rings. The third-order valence-corrected chi connectivity index (χ3v) is 6.85. The molecule has 2 heterocycles. The minimum Gasteiger partial charge on any atom is -0.383 e. The molecule has 1 aliphatic rings. The number of carbonyl (C=O) groups is 2. The van der Waals surface area contributed by atoms with Crippen molar-refractivity contribution in [3.05, 3.63) is 91.8 Å². The quantitative estimate of drug-likeness (QED) is 0.389. The molecule has 2 aromatic carbocycles. The zero-order chi connectivity index (χ0) is 27.4. The van der Waals surface area contributed by atoms with Crippen LogP contribution < -0.4 is 10.2 Å². The van der Waals surface area contributed by atoms with Crippen molar-refractivity contribution in [2.45, 2.75) is 19.5 Å². The Kier molecular flexibility index (Phi) is 8.99. The Labute approximate surface area is 234 Å². The molecular weight excluding hydrogens is 554 g/mol. The van der Waals surface area contributed by atoms with Crippen molar-refractivity contribution in [3.8, 4) is 0 Å². The van der Waals surface area contributed by atoms with E-state index in [1.54, 1.807) is 36.3 Å². The van der Waals surface area contributed by atoms with Gasteiger partial charge in [-0.05, 0) is 30.7 Å². The van der Waals surface area contributed by atoms with E-state index in [1.807, 2.05) is 6.92 Å². The molecule has 1 N–H and O–H groups in total. The second-order valence-electron chi connectivity index (χ2n) is 8.50. The van der Waals surface area contributed by atoms with Crippen LogP contribution in [0.4, 0.5) is 10.2 Å². The van der Waals surface area contributed by atoms with Crippen molar-refractivity contribution >= 4 is 58.0 Å². The number of fused-ring (bicyclic) bond motifs is 1. The molecule has 1 amide bonds. The third-order valence-electron chi connectivity index (χ3n) is 6.04. The average Bonchev–Trinajstić information content (AvgIpc) is 3.01. The number of nitrogens with zero attached hydrogens (tertiary/aromatic N) is 3. The number of anilines is 1. The molecule has 38 heavy (non-hydrogen) atoms. The van der Waals surface area contributed by atoms with Gasteiger partial charge in [-0.25, -0.2) is 9.37 Å². The zero-order valence-electron chi connectivity index (χ0n) is 20.6. The Morgan fingerprint density at radius 1 is 1.18 bits per heavy atom. The van der Waals surface area contributed by atoms with Crippen LogP contribution >= 0.6 is 34.8 Å². The first kappa shape index (κ1) is 28.0. The summed E-state index contributed by atoms with van der Waals surface area (Å²) < 4.78 is 19.4. The summed E-state index contributed by atoms with van der Waals surface area (Å²) in [7, 11) is 1.56. The van der Waals surface area contributed by atoms with Crippen LogP contribution in [-0.4, -0.2) is 55.4 Å². The van der Waals surface area contributed by atoms with Crippen molar-refractivity contribution in [1.29, 1.82) is 0 Å². The maximum atomic E-state index is 14.2. The van der Waals surface area contributed by atoms with Gasteiger partial charge in [-0.3, -0.25) is 14.6 Å². The highest BCUT2D eigenvalue weighted by Crippen LogP contribution is 2.33. The van der Waals surface area contributed by atoms with Gasteiger partial charge in [0.25, 0.3) is 5.91 Å². The number of ketones is 1. The Bertz CT molecular complexity index is 1390. The van der Waals surface area contributed by atoms with Crippen LogP contribution in [0.2, 0.25) is 15.1 Å². The predicted molar refractivity (Wildman–Crippen MR) is 147 cm³/mol. The van der Waals surface area contributed by atoms with Crippen LogP contribution in [0.5, 0.6) is 0 Å². The van der Waals surface area contributed by atoms with Crippen molar-refractivity contribution < 1.29 is 18.7 Å². The normalized spacial score (nSPS) is 14.9. The minimum absolute atomic E-state index is 0.000129. The standard InChI is InChI=1S/C27H24Cl3FN4O3/c1-3-35(8-9-38-2)26-19(13-17(31)14-32-26)27(37)34-25-22(36)10-15-6-4-5-7-18(15)24(33-25)23-20(29)11-16(28)12-21(23)30/h4-7,11-14,25H,3,8-10H2,1-2H3,(H,34,37). The number of aliphatic imine (C=N–C) groups is 1. The van der Waals surface area contributed by atoms with Gasteiger partial charge in [0.15, 0.2) is 11.9 Å². The van der Waals surface area contributed by atoms with Gasteiger partial charge in [0.1, 0.15) is 11.6 Å². The Morgan fingerprint density at radius 3 is 2.58 bits per heavy atom. The lowest BCUT2D eigenvalue weighted by molar-refractivity contribution is -0.120. The van der Waals surface area contributed by atoms with Crippen molar-refractivity contribution in [3.63, 3.8) is 0 Å². The van der Waals surface area contributed by atoms with E-state index in [0.717, 1.165) is 12.3 Å². The van der Waals surface area contributed by atoms with Crippen molar-refractivity contribution in [2.24, 2.45) is 4.99 Å². The number of nitrogens with one attached hydrogen (secondary N) is 1. The molecule has 0 saturated heterocycles. The number of amides is 1. The number of ether oxygens (including phenoxy) is 1. The highest BCUT2D eigenvalue weighted by Gasteiger charge is 2.30. The summed E-state index contributed by atoms with van der Waals surface area (Å²) in [5.74, 6) is -1.49. The minimum atomic E-state index is -1.29. The third kappa shape index (κ3) is 5.99. The first-order valence-electron chi connectivity index (χ1n) is 11.8. The van der Waals surface area contributed by atoms with E-state index in [-0.39, 0.29) is 33.6 Å². The molecule has 3 aromatic rings. The SMILES string of the molecule is CCN(CCOC)c1ncc(F)cc1C(=O)NC1N=C(c2c(Cl)cc(Cl)cc2Cl)c2ccccc2CC1=O. The van der Waals surface area contributed by atoms with E-state index >= 15 is 0 Å². The lowest BCUT2D eigenvalue weighted by Gasteiger charge is -2.24. The second-order valence-corrected chi connectivity index (χ2v) is 9.75. The summed E-state index contributed by atoms with van der Waals surface area (Å²) in [5.41, 5.74) is 2.02. The smallest absolute Gasteiger partial charge is 0.257 e. The van der Waals surface area contributed by atoms with E-state index in [2.05, 4.69) is 15.3 Å². The maximum Gasteiger partial charge on any atom is 0.257 e. The monoisotopic (exact) mass is 576 g/mol.